The fourth-order valence-electron chi connectivity index (χ4n) is 4.98. The molecule has 0 radical (unpaired) electrons. The number of hydrogen-bond acceptors (Lipinski definition) is 5. The molecule has 1 aromatic heterocycles. The maximum Gasteiger partial charge on any atom is 0.310 e. The van der Waals surface area contributed by atoms with E-state index in [0.29, 0.717) is 13.2 Å². The second-order valence-electron chi connectivity index (χ2n) is 10.5. The lowest BCUT2D eigenvalue weighted by Gasteiger charge is -2.40. The summed E-state index contributed by atoms with van der Waals surface area (Å²) < 4.78 is 26.4. The predicted octanol–water partition coefficient (Wildman–Crippen LogP) is 6.82. The lowest BCUT2D eigenvalue weighted by atomic mass is 9.82. The number of ether oxygens (including phenoxy) is 2. The molecule has 0 saturated carbocycles. The van der Waals surface area contributed by atoms with Gasteiger partial charge in [-0.3, -0.25) is 9.78 Å². The summed E-state index contributed by atoms with van der Waals surface area (Å²) in [6.07, 6.45) is 2.20. The number of benzene rings is 2. The molecule has 1 aliphatic rings. The van der Waals surface area contributed by atoms with Crippen LogP contribution in [0.25, 0.3) is 11.1 Å². The molecule has 0 atom stereocenters. The SMILES string of the molecule is CCOC(=O)Cc1c(C)nc(C)c(-c2ccc(OCc3ccccc3)c(F)c2)c1N1CCC(C)(C)CC1. The predicted molar refractivity (Wildman–Crippen MR) is 145 cm³/mol. The van der Waals surface area contributed by atoms with E-state index in [1.807, 2.05) is 50.2 Å². The van der Waals surface area contributed by atoms with Gasteiger partial charge in [0.2, 0.25) is 0 Å². The third-order valence-corrected chi connectivity index (χ3v) is 7.17. The molecular formula is C31H37FN2O3. The quantitative estimate of drug-likeness (QED) is 0.315. The first-order valence-corrected chi connectivity index (χ1v) is 13.1. The van der Waals surface area contributed by atoms with Gasteiger partial charge in [-0.2, -0.15) is 0 Å². The molecule has 0 bridgehead atoms. The van der Waals surface area contributed by atoms with E-state index < -0.39 is 5.82 Å². The molecule has 4 rings (SSSR count). The van der Waals surface area contributed by atoms with Gasteiger partial charge in [0.15, 0.2) is 11.6 Å². The summed E-state index contributed by atoms with van der Waals surface area (Å²) in [4.78, 5) is 19.7. The third kappa shape index (κ3) is 6.30. The van der Waals surface area contributed by atoms with Crippen molar-refractivity contribution >= 4 is 11.7 Å². The molecule has 1 saturated heterocycles. The summed E-state index contributed by atoms with van der Waals surface area (Å²) in [5.41, 5.74) is 6.24. The van der Waals surface area contributed by atoms with E-state index >= 15 is 4.39 Å². The van der Waals surface area contributed by atoms with Crippen LogP contribution in [0.2, 0.25) is 0 Å². The van der Waals surface area contributed by atoms with Gasteiger partial charge in [-0.1, -0.05) is 50.2 Å². The number of carbonyl (C=O) groups excluding carboxylic acids is 1. The van der Waals surface area contributed by atoms with Crippen LogP contribution in [0.15, 0.2) is 48.5 Å². The maximum atomic E-state index is 15.3. The normalized spacial score (nSPS) is 14.9. The van der Waals surface area contributed by atoms with Gasteiger partial charge in [-0.05, 0) is 62.3 Å². The molecule has 2 aromatic carbocycles. The van der Waals surface area contributed by atoms with E-state index in [1.54, 1.807) is 13.0 Å². The van der Waals surface area contributed by atoms with Gasteiger partial charge >= 0.3 is 5.97 Å². The number of rotatable bonds is 8. The van der Waals surface area contributed by atoms with Gasteiger partial charge in [0.25, 0.3) is 0 Å². The molecule has 5 nitrogen and oxygen atoms in total. The summed E-state index contributed by atoms with van der Waals surface area (Å²) in [7, 11) is 0. The highest BCUT2D eigenvalue weighted by molar-refractivity contribution is 5.87. The Morgan fingerprint density at radius 2 is 1.76 bits per heavy atom. The van der Waals surface area contributed by atoms with E-state index in [9.17, 15) is 4.79 Å². The molecule has 37 heavy (non-hydrogen) atoms. The molecule has 6 heteroatoms. The summed E-state index contributed by atoms with van der Waals surface area (Å²) in [5, 5.41) is 0. The Hall–Kier alpha value is -3.41. The molecule has 0 unspecified atom stereocenters. The van der Waals surface area contributed by atoms with Crippen molar-refractivity contribution in [1.82, 2.24) is 4.98 Å². The van der Waals surface area contributed by atoms with Gasteiger partial charge < -0.3 is 14.4 Å². The van der Waals surface area contributed by atoms with Crippen LogP contribution in [-0.2, 0) is 22.6 Å². The van der Waals surface area contributed by atoms with Gasteiger partial charge in [0.05, 0.1) is 18.7 Å². The highest BCUT2D eigenvalue weighted by Crippen LogP contribution is 2.42. The fourth-order valence-corrected chi connectivity index (χ4v) is 4.98. The fraction of sp³-hybridized carbons (Fsp3) is 0.419. The average molecular weight is 505 g/mol. The summed E-state index contributed by atoms with van der Waals surface area (Å²) >= 11 is 0. The number of halogens is 1. The Morgan fingerprint density at radius 1 is 1.05 bits per heavy atom. The van der Waals surface area contributed by atoms with E-state index in [4.69, 9.17) is 14.5 Å². The maximum absolute atomic E-state index is 15.3. The molecule has 0 aliphatic carbocycles. The van der Waals surface area contributed by atoms with Crippen molar-refractivity contribution in [3.63, 3.8) is 0 Å². The molecule has 0 amide bonds. The molecule has 0 spiro atoms. The van der Waals surface area contributed by atoms with E-state index in [0.717, 1.165) is 65.3 Å². The number of hydrogen-bond donors (Lipinski definition) is 0. The minimum atomic E-state index is -0.425. The van der Waals surface area contributed by atoms with Crippen LogP contribution < -0.4 is 9.64 Å². The van der Waals surface area contributed by atoms with Crippen LogP contribution in [0.4, 0.5) is 10.1 Å². The Labute approximate surface area is 219 Å². The number of piperidine rings is 1. The Morgan fingerprint density at radius 3 is 2.41 bits per heavy atom. The minimum absolute atomic E-state index is 0.135. The molecule has 1 aliphatic heterocycles. The number of anilines is 1. The zero-order valence-corrected chi connectivity index (χ0v) is 22.6. The molecule has 3 aromatic rings. The summed E-state index contributed by atoms with van der Waals surface area (Å²) in [6, 6.07) is 14.8. The smallest absolute Gasteiger partial charge is 0.310 e. The summed E-state index contributed by atoms with van der Waals surface area (Å²) in [6.45, 7) is 12.6. The highest BCUT2D eigenvalue weighted by atomic mass is 19.1. The second-order valence-corrected chi connectivity index (χ2v) is 10.5. The lowest BCUT2D eigenvalue weighted by molar-refractivity contribution is -0.142. The standard InChI is InChI=1S/C31H37FN2O3/c1-6-36-28(35)19-25-21(2)33-22(3)29(30(25)34-16-14-31(4,5)15-17-34)24-12-13-27(26(32)18-24)37-20-23-10-8-7-9-11-23/h7-13,18H,6,14-17,19-20H2,1-5H3. The number of carbonyl (C=O) groups is 1. The van der Waals surface area contributed by atoms with Crippen LogP contribution in [0.5, 0.6) is 5.75 Å². The number of esters is 1. The zero-order valence-electron chi connectivity index (χ0n) is 22.6. The van der Waals surface area contributed by atoms with Gasteiger partial charge in [0.1, 0.15) is 6.61 Å². The molecule has 0 N–H and O–H groups in total. The van der Waals surface area contributed by atoms with E-state index in [-0.39, 0.29) is 23.6 Å². The monoisotopic (exact) mass is 504 g/mol. The van der Waals surface area contributed by atoms with Crippen LogP contribution in [0.3, 0.4) is 0 Å². The zero-order chi connectivity index (χ0) is 26.6. The van der Waals surface area contributed by atoms with Crippen molar-refractivity contribution in [2.75, 3.05) is 24.6 Å². The van der Waals surface area contributed by atoms with Crippen LogP contribution in [0.1, 0.15) is 56.1 Å². The number of nitrogens with zero attached hydrogens (tertiary/aromatic N) is 2. The molecular weight excluding hydrogens is 467 g/mol. The first-order chi connectivity index (χ1) is 17.7. The van der Waals surface area contributed by atoms with Crippen LogP contribution in [-0.4, -0.2) is 30.6 Å². The van der Waals surface area contributed by atoms with Gasteiger partial charge in [-0.15, -0.1) is 0 Å². The molecule has 1 fully saturated rings. The van der Waals surface area contributed by atoms with Crippen LogP contribution in [0, 0.1) is 25.1 Å². The van der Waals surface area contributed by atoms with E-state index in [1.165, 1.54) is 6.07 Å². The third-order valence-electron chi connectivity index (χ3n) is 7.17. The lowest BCUT2D eigenvalue weighted by Crippen LogP contribution is -2.38. The Kier molecular flexibility index (Phi) is 8.16. The van der Waals surface area contributed by atoms with Crippen molar-refractivity contribution in [2.45, 2.75) is 60.5 Å². The van der Waals surface area contributed by atoms with Crippen molar-refractivity contribution < 1.29 is 18.7 Å². The van der Waals surface area contributed by atoms with Crippen molar-refractivity contribution in [2.24, 2.45) is 5.41 Å². The topological polar surface area (TPSA) is 51.7 Å². The number of aryl methyl sites for hydroxylation is 2. The molecule has 2 heterocycles. The first-order valence-electron chi connectivity index (χ1n) is 13.1. The van der Waals surface area contributed by atoms with Crippen molar-refractivity contribution in [3.8, 4) is 16.9 Å². The van der Waals surface area contributed by atoms with Gasteiger partial charge in [-0.25, -0.2) is 4.39 Å². The second kappa shape index (κ2) is 11.3. The van der Waals surface area contributed by atoms with E-state index in [2.05, 4.69) is 18.7 Å². The summed E-state index contributed by atoms with van der Waals surface area (Å²) in [5.74, 6) is -0.499. The minimum Gasteiger partial charge on any atom is -0.486 e. The largest absolute Gasteiger partial charge is 0.486 e. The average Bonchev–Trinajstić information content (AvgIpc) is 2.86. The van der Waals surface area contributed by atoms with Gasteiger partial charge in [0, 0.05) is 35.6 Å². The molecule has 196 valence electrons. The number of pyridine rings is 1. The highest BCUT2D eigenvalue weighted by Gasteiger charge is 2.30. The van der Waals surface area contributed by atoms with Crippen molar-refractivity contribution in [1.29, 1.82) is 0 Å². The Balaban J connectivity index is 1.74. The Bertz CT molecular complexity index is 1250. The van der Waals surface area contributed by atoms with Crippen LogP contribution >= 0.6 is 0 Å². The van der Waals surface area contributed by atoms with Crippen molar-refractivity contribution in [3.05, 3.63) is 76.9 Å². The number of aromatic nitrogens is 1. The first kappa shape index (κ1) is 26.6.